The number of nitrogens with one attached hydrogen (secondary N) is 1. The van der Waals surface area contributed by atoms with E-state index in [1.54, 1.807) is 20.8 Å². The molecule has 0 heterocycles. The number of rotatable bonds is 7. The van der Waals surface area contributed by atoms with Gasteiger partial charge in [-0.05, 0) is 51.3 Å². The first-order valence-electron chi connectivity index (χ1n) is 7.85. The molecule has 1 aromatic carbocycles. The molecule has 0 aliphatic carbocycles. The van der Waals surface area contributed by atoms with Crippen LogP contribution in [0.1, 0.15) is 51.4 Å². The fourth-order valence-corrected chi connectivity index (χ4v) is 3.56. The van der Waals surface area contributed by atoms with Crippen molar-refractivity contribution in [1.29, 1.82) is 0 Å². The second-order valence-electron chi connectivity index (χ2n) is 7.04. The summed E-state index contributed by atoms with van der Waals surface area (Å²) in [5.74, 6) is 0.0385. The molecule has 6 nitrogen and oxygen atoms in total. The normalized spacial score (nSPS) is 12.3. The topological polar surface area (TPSA) is 81.7 Å². The van der Waals surface area contributed by atoms with Gasteiger partial charge >= 0.3 is 5.97 Å². The molecule has 0 atom stereocenters. The van der Waals surface area contributed by atoms with Crippen LogP contribution in [0.4, 0.5) is 0 Å². The summed E-state index contributed by atoms with van der Waals surface area (Å²) in [7, 11) is -2.45. The minimum atomic E-state index is -3.83. The van der Waals surface area contributed by atoms with Gasteiger partial charge in [0, 0.05) is 5.54 Å². The minimum Gasteiger partial charge on any atom is -0.495 e. The SMILES string of the molecule is COc1ccc(C(=O)OCCC(C)C)cc1S(=O)(=O)NC(C)(C)C. The largest absolute Gasteiger partial charge is 0.495 e. The molecule has 0 aliphatic rings. The predicted molar refractivity (Wildman–Crippen MR) is 92.8 cm³/mol. The highest BCUT2D eigenvalue weighted by Crippen LogP contribution is 2.26. The zero-order valence-corrected chi connectivity index (χ0v) is 16.0. The molecule has 1 rings (SSSR count). The molecule has 0 aliphatic heterocycles. The summed E-state index contributed by atoms with van der Waals surface area (Å²) in [6.45, 7) is 9.57. The van der Waals surface area contributed by atoms with E-state index in [2.05, 4.69) is 4.72 Å². The summed E-state index contributed by atoms with van der Waals surface area (Å²) in [4.78, 5) is 12.0. The Balaban J connectivity index is 3.10. The molecule has 0 unspecified atom stereocenters. The van der Waals surface area contributed by atoms with Gasteiger partial charge in [0.15, 0.2) is 0 Å². The summed E-state index contributed by atoms with van der Waals surface area (Å²) in [5.41, 5.74) is -0.480. The second-order valence-corrected chi connectivity index (χ2v) is 8.69. The molecule has 0 radical (unpaired) electrons. The fraction of sp³-hybridized carbons (Fsp3) is 0.588. The number of ether oxygens (including phenoxy) is 2. The van der Waals surface area contributed by atoms with Crippen molar-refractivity contribution in [3.8, 4) is 5.75 Å². The van der Waals surface area contributed by atoms with Crippen LogP contribution in [-0.2, 0) is 14.8 Å². The molecule has 1 N–H and O–H groups in total. The maximum Gasteiger partial charge on any atom is 0.338 e. The predicted octanol–water partition coefficient (Wildman–Crippen LogP) is 2.97. The van der Waals surface area contributed by atoms with Gasteiger partial charge in [-0.2, -0.15) is 0 Å². The van der Waals surface area contributed by atoms with E-state index in [4.69, 9.17) is 9.47 Å². The lowest BCUT2D eigenvalue weighted by Gasteiger charge is -2.21. The van der Waals surface area contributed by atoms with Crippen LogP contribution in [0.15, 0.2) is 23.1 Å². The molecular weight excluding hydrogens is 330 g/mol. The molecule has 0 amide bonds. The maximum absolute atomic E-state index is 12.6. The van der Waals surface area contributed by atoms with Crippen molar-refractivity contribution in [3.05, 3.63) is 23.8 Å². The van der Waals surface area contributed by atoms with Crippen molar-refractivity contribution in [3.63, 3.8) is 0 Å². The lowest BCUT2D eigenvalue weighted by atomic mass is 10.1. The van der Waals surface area contributed by atoms with Crippen molar-refractivity contribution in [1.82, 2.24) is 4.72 Å². The highest BCUT2D eigenvalue weighted by molar-refractivity contribution is 7.89. The maximum atomic E-state index is 12.6. The number of esters is 1. The molecule has 1 aromatic rings. The second kappa shape index (κ2) is 7.98. The molecule has 0 spiro atoms. The zero-order valence-electron chi connectivity index (χ0n) is 15.2. The Hall–Kier alpha value is -1.60. The van der Waals surface area contributed by atoms with E-state index < -0.39 is 21.5 Å². The van der Waals surface area contributed by atoms with Crippen LogP contribution in [0.2, 0.25) is 0 Å². The number of hydrogen-bond acceptors (Lipinski definition) is 5. The molecule has 0 saturated heterocycles. The van der Waals surface area contributed by atoms with E-state index in [9.17, 15) is 13.2 Å². The Morgan fingerprint density at radius 2 is 1.88 bits per heavy atom. The third kappa shape index (κ3) is 6.13. The first-order chi connectivity index (χ1) is 11.0. The number of sulfonamides is 1. The molecule has 0 aromatic heterocycles. The van der Waals surface area contributed by atoms with Crippen LogP contribution < -0.4 is 9.46 Å². The molecular formula is C17H27NO5S. The van der Waals surface area contributed by atoms with Gasteiger partial charge in [0.25, 0.3) is 0 Å². The summed E-state index contributed by atoms with van der Waals surface area (Å²) >= 11 is 0. The highest BCUT2D eigenvalue weighted by Gasteiger charge is 2.26. The van der Waals surface area contributed by atoms with Gasteiger partial charge in [0.2, 0.25) is 10.0 Å². The van der Waals surface area contributed by atoms with E-state index in [0.717, 1.165) is 6.42 Å². The molecule has 24 heavy (non-hydrogen) atoms. The van der Waals surface area contributed by atoms with E-state index in [0.29, 0.717) is 12.5 Å². The third-order valence-corrected chi connectivity index (χ3v) is 4.84. The van der Waals surface area contributed by atoms with Gasteiger partial charge in [-0.1, -0.05) is 13.8 Å². The lowest BCUT2D eigenvalue weighted by Crippen LogP contribution is -2.40. The Morgan fingerprint density at radius 1 is 1.25 bits per heavy atom. The molecule has 0 fully saturated rings. The number of hydrogen-bond donors (Lipinski definition) is 1. The van der Waals surface area contributed by atoms with Gasteiger partial charge in [0.05, 0.1) is 19.3 Å². The van der Waals surface area contributed by atoms with Gasteiger partial charge in [-0.15, -0.1) is 0 Å². The number of methoxy groups -OCH3 is 1. The summed E-state index contributed by atoms with van der Waals surface area (Å²) < 4.78 is 38.0. The first kappa shape index (κ1) is 20.4. The van der Waals surface area contributed by atoms with Crippen LogP contribution in [0, 0.1) is 5.92 Å². The van der Waals surface area contributed by atoms with Gasteiger partial charge in [-0.3, -0.25) is 0 Å². The Labute approximate surface area is 144 Å². The average Bonchev–Trinajstić information content (AvgIpc) is 2.43. The standard InChI is InChI=1S/C17H27NO5S/c1-12(2)9-10-23-16(19)13-7-8-14(22-6)15(11-13)24(20,21)18-17(3,4)5/h7-8,11-12,18H,9-10H2,1-6H3. The molecule has 0 bridgehead atoms. The Kier molecular flexibility index (Phi) is 6.80. The van der Waals surface area contributed by atoms with Crippen molar-refractivity contribution in [2.45, 2.75) is 51.5 Å². The van der Waals surface area contributed by atoms with Gasteiger partial charge in [0.1, 0.15) is 10.6 Å². The molecule has 136 valence electrons. The number of carbonyl (C=O) groups is 1. The fourth-order valence-electron chi connectivity index (χ4n) is 1.94. The van der Waals surface area contributed by atoms with Crippen LogP contribution in [-0.4, -0.2) is 33.6 Å². The first-order valence-corrected chi connectivity index (χ1v) is 9.34. The summed E-state index contributed by atoms with van der Waals surface area (Å²) in [5, 5.41) is 0. The smallest absolute Gasteiger partial charge is 0.338 e. The summed E-state index contributed by atoms with van der Waals surface area (Å²) in [6.07, 6.45) is 0.749. The van der Waals surface area contributed by atoms with E-state index in [1.807, 2.05) is 13.8 Å². The van der Waals surface area contributed by atoms with Crippen LogP contribution in [0.25, 0.3) is 0 Å². The van der Waals surface area contributed by atoms with E-state index in [-0.39, 0.29) is 16.2 Å². The van der Waals surface area contributed by atoms with Crippen molar-refractivity contribution < 1.29 is 22.7 Å². The zero-order chi connectivity index (χ0) is 18.5. The Morgan fingerprint density at radius 3 is 2.38 bits per heavy atom. The van der Waals surface area contributed by atoms with Crippen molar-refractivity contribution >= 4 is 16.0 Å². The Bertz CT molecular complexity index is 675. The lowest BCUT2D eigenvalue weighted by molar-refractivity contribution is 0.0487. The molecule has 7 heteroatoms. The average molecular weight is 357 g/mol. The summed E-state index contributed by atoms with van der Waals surface area (Å²) in [6, 6.07) is 4.23. The quantitative estimate of drug-likeness (QED) is 0.759. The molecule has 0 saturated carbocycles. The van der Waals surface area contributed by atoms with Crippen LogP contribution in [0.3, 0.4) is 0 Å². The minimum absolute atomic E-state index is 0.0850. The van der Waals surface area contributed by atoms with Gasteiger partial charge in [-0.25, -0.2) is 17.9 Å². The monoisotopic (exact) mass is 357 g/mol. The van der Waals surface area contributed by atoms with Gasteiger partial charge < -0.3 is 9.47 Å². The van der Waals surface area contributed by atoms with Crippen LogP contribution in [0.5, 0.6) is 5.75 Å². The van der Waals surface area contributed by atoms with Crippen molar-refractivity contribution in [2.24, 2.45) is 5.92 Å². The highest BCUT2D eigenvalue weighted by atomic mass is 32.2. The van der Waals surface area contributed by atoms with Crippen LogP contribution >= 0.6 is 0 Å². The van der Waals surface area contributed by atoms with E-state index in [1.165, 1.54) is 25.3 Å². The van der Waals surface area contributed by atoms with Crippen molar-refractivity contribution in [2.75, 3.05) is 13.7 Å². The number of benzene rings is 1. The van der Waals surface area contributed by atoms with E-state index >= 15 is 0 Å². The number of carbonyl (C=O) groups excluding carboxylic acids is 1. The third-order valence-electron chi connectivity index (χ3n) is 3.06.